The molecular weight excluding hydrogens is 270 g/mol. The molecule has 1 aromatic heterocycles. The highest BCUT2D eigenvalue weighted by molar-refractivity contribution is 5.90. The second-order valence-corrected chi connectivity index (χ2v) is 4.92. The summed E-state index contributed by atoms with van der Waals surface area (Å²) in [5.41, 5.74) is 3.02. The number of nitrogens with zero attached hydrogens (tertiary/aromatic N) is 1. The molecule has 2 nitrogen and oxygen atoms in total. The van der Waals surface area contributed by atoms with E-state index < -0.39 is 11.6 Å². The lowest BCUT2D eigenvalue weighted by Crippen LogP contribution is -2.03. The number of benzene rings is 2. The van der Waals surface area contributed by atoms with Crippen molar-refractivity contribution < 1.29 is 8.78 Å². The van der Waals surface area contributed by atoms with Crippen LogP contribution in [0.1, 0.15) is 11.3 Å². The summed E-state index contributed by atoms with van der Waals surface area (Å²) in [7, 11) is 0. The van der Waals surface area contributed by atoms with Crippen LogP contribution in [0.4, 0.5) is 14.5 Å². The molecule has 0 aliphatic rings. The Balaban J connectivity index is 1.90. The summed E-state index contributed by atoms with van der Waals surface area (Å²) >= 11 is 0. The van der Waals surface area contributed by atoms with Crippen molar-refractivity contribution in [2.45, 2.75) is 13.5 Å². The van der Waals surface area contributed by atoms with Gasteiger partial charge in [-0.2, -0.15) is 0 Å². The molecule has 0 fully saturated rings. The van der Waals surface area contributed by atoms with Gasteiger partial charge in [-0.3, -0.25) is 4.98 Å². The van der Waals surface area contributed by atoms with Crippen LogP contribution in [-0.4, -0.2) is 4.98 Å². The second-order valence-electron chi connectivity index (χ2n) is 4.92. The molecule has 106 valence electrons. The summed E-state index contributed by atoms with van der Waals surface area (Å²) in [6, 6.07) is 13.3. The SMILES string of the molecule is Cc1ccc2cccc(NCc3ccc(F)cc3F)c2n1. The first kappa shape index (κ1) is 13.5. The van der Waals surface area contributed by atoms with Gasteiger partial charge in [0.2, 0.25) is 0 Å². The third-order valence-electron chi connectivity index (χ3n) is 3.34. The third kappa shape index (κ3) is 2.84. The fraction of sp³-hybridized carbons (Fsp3) is 0.118. The largest absolute Gasteiger partial charge is 0.379 e. The minimum Gasteiger partial charge on any atom is -0.379 e. The fourth-order valence-electron chi connectivity index (χ4n) is 2.24. The maximum atomic E-state index is 13.6. The van der Waals surface area contributed by atoms with Gasteiger partial charge in [0, 0.05) is 29.3 Å². The van der Waals surface area contributed by atoms with Gasteiger partial charge < -0.3 is 5.32 Å². The van der Waals surface area contributed by atoms with Crippen LogP contribution in [0.5, 0.6) is 0 Å². The number of nitrogens with one attached hydrogen (secondary N) is 1. The Labute approximate surface area is 121 Å². The standard InChI is InChI=1S/C17H14F2N2/c1-11-5-6-12-3-2-4-16(17(12)21-11)20-10-13-7-8-14(18)9-15(13)19/h2-9,20H,10H2,1H3. The minimum absolute atomic E-state index is 0.279. The summed E-state index contributed by atoms with van der Waals surface area (Å²) in [5, 5.41) is 4.19. The van der Waals surface area contributed by atoms with E-state index in [1.165, 1.54) is 12.1 Å². The van der Waals surface area contributed by atoms with E-state index in [4.69, 9.17) is 0 Å². The van der Waals surface area contributed by atoms with E-state index in [2.05, 4.69) is 10.3 Å². The first-order valence-corrected chi connectivity index (χ1v) is 6.68. The van der Waals surface area contributed by atoms with Gasteiger partial charge in [0.25, 0.3) is 0 Å². The summed E-state index contributed by atoms with van der Waals surface area (Å²) in [6.07, 6.45) is 0. The zero-order chi connectivity index (χ0) is 14.8. The number of para-hydroxylation sites is 1. The van der Waals surface area contributed by atoms with Crippen molar-refractivity contribution in [1.82, 2.24) is 4.98 Å². The Hall–Kier alpha value is -2.49. The smallest absolute Gasteiger partial charge is 0.131 e. The Morgan fingerprint density at radius 2 is 1.90 bits per heavy atom. The monoisotopic (exact) mass is 284 g/mol. The molecule has 0 aliphatic heterocycles. The molecule has 1 N–H and O–H groups in total. The van der Waals surface area contributed by atoms with Gasteiger partial charge in [-0.25, -0.2) is 8.78 Å². The van der Waals surface area contributed by atoms with E-state index in [1.807, 2.05) is 37.3 Å². The van der Waals surface area contributed by atoms with E-state index in [-0.39, 0.29) is 6.54 Å². The number of anilines is 1. The molecule has 2 aromatic carbocycles. The predicted octanol–water partition coefficient (Wildman–Crippen LogP) is 4.43. The molecule has 4 heteroatoms. The van der Waals surface area contributed by atoms with Crippen molar-refractivity contribution in [2.24, 2.45) is 0 Å². The van der Waals surface area contributed by atoms with Crippen LogP contribution in [-0.2, 0) is 6.54 Å². The van der Waals surface area contributed by atoms with Crippen LogP contribution in [0.2, 0.25) is 0 Å². The Morgan fingerprint density at radius 3 is 2.71 bits per heavy atom. The predicted molar refractivity (Wildman–Crippen MR) is 80.2 cm³/mol. The topological polar surface area (TPSA) is 24.9 Å². The van der Waals surface area contributed by atoms with Gasteiger partial charge in [0.15, 0.2) is 0 Å². The Morgan fingerprint density at radius 1 is 1.05 bits per heavy atom. The lowest BCUT2D eigenvalue weighted by molar-refractivity contribution is 0.574. The molecule has 0 saturated carbocycles. The Kier molecular flexibility index (Phi) is 3.52. The molecule has 3 rings (SSSR count). The van der Waals surface area contributed by atoms with Gasteiger partial charge in [-0.1, -0.05) is 24.3 Å². The van der Waals surface area contributed by atoms with Gasteiger partial charge in [0.05, 0.1) is 11.2 Å². The molecule has 0 amide bonds. The molecular formula is C17H14F2N2. The fourth-order valence-corrected chi connectivity index (χ4v) is 2.24. The average molecular weight is 284 g/mol. The zero-order valence-electron chi connectivity index (χ0n) is 11.5. The number of aryl methyl sites for hydroxylation is 1. The number of hydrogen-bond donors (Lipinski definition) is 1. The van der Waals surface area contributed by atoms with Gasteiger partial charge in [-0.05, 0) is 25.1 Å². The van der Waals surface area contributed by atoms with Crippen LogP contribution in [0.15, 0.2) is 48.5 Å². The van der Waals surface area contributed by atoms with E-state index in [1.54, 1.807) is 0 Å². The molecule has 0 atom stereocenters. The van der Waals surface area contributed by atoms with Crippen molar-refractivity contribution in [1.29, 1.82) is 0 Å². The van der Waals surface area contributed by atoms with Crippen molar-refractivity contribution in [3.8, 4) is 0 Å². The number of aromatic nitrogens is 1. The molecule has 0 unspecified atom stereocenters. The Bertz CT molecular complexity index is 800. The molecule has 3 aromatic rings. The molecule has 1 heterocycles. The zero-order valence-corrected chi connectivity index (χ0v) is 11.5. The average Bonchev–Trinajstić information content (AvgIpc) is 2.46. The summed E-state index contributed by atoms with van der Waals surface area (Å²) in [5.74, 6) is -1.12. The lowest BCUT2D eigenvalue weighted by Gasteiger charge is -2.10. The number of halogens is 2. The van der Waals surface area contributed by atoms with Crippen LogP contribution in [0.3, 0.4) is 0 Å². The maximum absolute atomic E-state index is 13.6. The minimum atomic E-state index is -0.571. The van der Waals surface area contributed by atoms with Gasteiger partial charge >= 0.3 is 0 Å². The van der Waals surface area contributed by atoms with Crippen LogP contribution < -0.4 is 5.32 Å². The summed E-state index contributed by atoms with van der Waals surface area (Å²) in [4.78, 5) is 4.51. The van der Waals surface area contributed by atoms with Gasteiger partial charge in [0.1, 0.15) is 11.6 Å². The summed E-state index contributed by atoms with van der Waals surface area (Å²) < 4.78 is 26.5. The number of pyridine rings is 1. The second kappa shape index (κ2) is 5.48. The van der Waals surface area contributed by atoms with E-state index in [9.17, 15) is 8.78 Å². The molecule has 0 bridgehead atoms. The van der Waals surface area contributed by atoms with Crippen molar-refractivity contribution in [3.05, 3.63) is 71.4 Å². The molecule has 0 aliphatic carbocycles. The van der Waals surface area contributed by atoms with Crippen LogP contribution in [0.25, 0.3) is 10.9 Å². The van der Waals surface area contributed by atoms with Crippen molar-refractivity contribution in [3.63, 3.8) is 0 Å². The molecule has 0 radical (unpaired) electrons. The first-order valence-electron chi connectivity index (χ1n) is 6.68. The highest BCUT2D eigenvalue weighted by Gasteiger charge is 2.06. The quantitative estimate of drug-likeness (QED) is 0.769. The lowest BCUT2D eigenvalue weighted by atomic mass is 10.1. The molecule has 21 heavy (non-hydrogen) atoms. The number of hydrogen-bond acceptors (Lipinski definition) is 2. The number of fused-ring (bicyclic) bond motifs is 1. The van der Waals surface area contributed by atoms with Gasteiger partial charge in [-0.15, -0.1) is 0 Å². The molecule has 0 spiro atoms. The van der Waals surface area contributed by atoms with Crippen LogP contribution in [0, 0.1) is 18.6 Å². The van der Waals surface area contributed by atoms with Crippen molar-refractivity contribution in [2.75, 3.05) is 5.32 Å². The third-order valence-corrected chi connectivity index (χ3v) is 3.34. The summed E-state index contributed by atoms with van der Waals surface area (Å²) in [6.45, 7) is 2.21. The maximum Gasteiger partial charge on any atom is 0.131 e. The van der Waals surface area contributed by atoms with Crippen molar-refractivity contribution >= 4 is 16.6 Å². The van der Waals surface area contributed by atoms with E-state index in [0.717, 1.165) is 28.4 Å². The first-order chi connectivity index (χ1) is 10.1. The van der Waals surface area contributed by atoms with E-state index >= 15 is 0 Å². The normalized spacial score (nSPS) is 10.8. The van der Waals surface area contributed by atoms with E-state index in [0.29, 0.717) is 5.56 Å². The number of rotatable bonds is 3. The van der Waals surface area contributed by atoms with Crippen LogP contribution >= 0.6 is 0 Å². The highest BCUT2D eigenvalue weighted by Crippen LogP contribution is 2.22. The highest BCUT2D eigenvalue weighted by atomic mass is 19.1. The molecule has 0 saturated heterocycles.